The Labute approximate surface area is 117 Å². The van der Waals surface area contributed by atoms with Crippen molar-refractivity contribution in [2.24, 2.45) is 0 Å². The second-order valence-electron chi connectivity index (χ2n) is 4.78. The molecule has 1 N–H and O–H groups in total. The first-order chi connectivity index (χ1) is 9.06. The lowest BCUT2D eigenvalue weighted by molar-refractivity contribution is -0.114. The Bertz CT molecular complexity index is 467. The molecule has 0 aliphatic carbocycles. The summed E-state index contributed by atoms with van der Waals surface area (Å²) in [5.41, 5.74) is 0.478. The molecule has 1 aliphatic rings. The number of anilines is 1. The van der Waals surface area contributed by atoms with Crippen LogP contribution in [-0.2, 0) is 4.79 Å². The van der Waals surface area contributed by atoms with Crippen LogP contribution in [0.1, 0.15) is 19.8 Å². The van der Waals surface area contributed by atoms with Crippen molar-refractivity contribution in [2.45, 2.75) is 25.8 Å². The predicted octanol–water partition coefficient (Wildman–Crippen LogP) is 2.17. The van der Waals surface area contributed by atoms with Crippen LogP contribution in [0.15, 0.2) is 12.3 Å². The fourth-order valence-electron chi connectivity index (χ4n) is 2.17. The average Bonchev–Trinajstić information content (AvgIpc) is 2.75. The molecule has 0 spiro atoms. The van der Waals surface area contributed by atoms with Gasteiger partial charge in [-0.2, -0.15) is 0 Å². The van der Waals surface area contributed by atoms with E-state index in [9.17, 15) is 4.79 Å². The second-order valence-corrected chi connectivity index (χ2v) is 5.14. The molecule has 1 aliphatic heterocycles. The SMILES string of the molecule is CC(=O)Nc1cc(OC[C@@H]2CCCN2C)cnc1Cl. The Morgan fingerprint density at radius 2 is 2.47 bits per heavy atom. The van der Waals surface area contributed by atoms with Crippen molar-refractivity contribution in [3.05, 3.63) is 17.4 Å². The van der Waals surface area contributed by atoms with E-state index in [1.54, 1.807) is 12.3 Å². The average molecular weight is 284 g/mol. The van der Waals surface area contributed by atoms with E-state index in [1.807, 2.05) is 0 Å². The zero-order valence-electron chi connectivity index (χ0n) is 11.1. The highest BCUT2D eigenvalue weighted by Gasteiger charge is 2.21. The molecule has 1 aromatic heterocycles. The fraction of sp³-hybridized carbons (Fsp3) is 0.538. The summed E-state index contributed by atoms with van der Waals surface area (Å²) in [6, 6.07) is 2.14. The normalized spacial score (nSPS) is 19.4. The minimum atomic E-state index is -0.184. The van der Waals surface area contributed by atoms with Crippen molar-refractivity contribution >= 4 is 23.2 Å². The summed E-state index contributed by atoms with van der Waals surface area (Å²) in [6.45, 7) is 3.17. The summed E-state index contributed by atoms with van der Waals surface area (Å²) in [7, 11) is 2.10. The number of aromatic nitrogens is 1. The molecule has 1 atom stereocenters. The largest absolute Gasteiger partial charge is 0.490 e. The van der Waals surface area contributed by atoms with Crippen LogP contribution in [0, 0.1) is 0 Å². The minimum absolute atomic E-state index is 0.184. The highest BCUT2D eigenvalue weighted by Crippen LogP contribution is 2.25. The molecule has 1 aromatic rings. The van der Waals surface area contributed by atoms with Gasteiger partial charge in [-0.25, -0.2) is 4.98 Å². The van der Waals surface area contributed by atoms with Crippen LogP contribution in [0.5, 0.6) is 5.75 Å². The Balaban J connectivity index is 1.98. The van der Waals surface area contributed by atoms with Gasteiger partial charge in [-0.15, -0.1) is 0 Å². The summed E-state index contributed by atoms with van der Waals surface area (Å²) >= 11 is 5.90. The molecule has 0 saturated carbocycles. The maximum Gasteiger partial charge on any atom is 0.221 e. The van der Waals surface area contributed by atoms with Gasteiger partial charge in [0.1, 0.15) is 12.4 Å². The summed E-state index contributed by atoms with van der Waals surface area (Å²) in [5, 5.41) is 2.89. The summed E-state index contributed by atoms with van der Waals surface area (Å²) in [5.74, 6) is 0.435. The van der Waals surface area contributed by atoms with Crippen molar-refractivity contribution in [3.63, 3.8) is 0 Å². The van der Waals surface area contributed by atoms with Crippen molar-refractivity contribution in [2.75, 3.05) is 25.5 Å². The number of halogens is 1. The van der Waals surface area contributed by atoms with Gasteiger partial charge in [0, 0.05) is 19.0 Å². The predicted molar refractivity (Wildman–Crippen MR) is 74.7 cm³/mol. The molecule has 2 heterocycles. The van der Waals surface area contributed by atoms with Gasteiger partial charge in [0.25, 0.3) is 0 Å². The monoisotopic (exact) mass is 283 g/mol. The number of pyridine rings is 1. The number of likely N-dealkylation sites (tertiary alicyclic amines) is 1. The number of hydrogen-bond donors (Lipinski definition) is 1. The van der Waals surface area contributed by atoms with E-state index in [2.05, 4.69) is 22.2 Å². The Morgan fingerprint density at radius 3 is 3.11 bits per heavy atom. The molecule has 0 bridgehead atoms. The summed E-state index contributed by atoms with van der Waals surface area (Å²) < 4.78 is 5.72. The Morgan fingerprint density at radius 1 is 1.68 bits per heavy atom. The number of amides is 1. The van der Waals surface area contributed by atoms with E-state index < -0.39 is 0 Å². The van der Waals surface area contributed by atoms with Crippen LogP contribution in [0.3, 0.4) is 0 Å². The number of nitrogens with one attached hydrogen (secondary N) is 1. The van der Waals surface area contributed by atoms with Crippen LogP contribution in [-0.4, -0.2) is 42.0 Å². The van der Waals surface area contributed by atoms with E-state index in [4.69, 9.17) is 16.3 Å². The zero-order chi connectivity index (χ0) is 13.8. The van der Waals surface area contributed by atoms with Gasteiger partial charge in [-0.3, -0.25) is 4.79 Å². The molecule has 6 heteroatoms. The van der Waals surface area contributed by atoms with Crippen LogP contribution in [0.4, 0.5) is 5.69 Å². The van der Waals surface area contributed by atoms with Crippen molar-refractivity contribution in [3.8, 4) is 5.75 Å². The first-order valence-electron chi connectivity index (χ1n) is 6.32. The standard InChI is InChI=1S/C13H18ClN3O2/c1-9(18)16-12-6-11(7-15-13(12)14)19-8-10-4-3-5-17(10)2/h6-7,10H,3-5,8H2,1-2H3,(H,16,18)/t10-/m0/s1. The van der Waals surface area contributed by atoms with Gasteiger partial charge in [-0.1, -0.05) is 11.6 Å². The highest BCUT2D eigenvalue weighted by molar-refractivity contribution is 6.32. The molecule has 5 nitrogen and oxygen atoms in total. The summed E-state index contributed by atoms with van der Waals surface area (Å²) in [6.07, 6.45) is 3.93. The topological polar surface area (TPSA) is 54.5 Å². The first kappa shape index (κ1) is 14.1. The second kappa shape index (κ2) is 6.21. The van der Waals surface area contributed by atoms with E-state index in [0.717, 1.165) is 13.0 Å². The Hall–Kier alpha value is -1.33. The molecule has 0 aromatic carbocycles. The lowest BCUT2D eigenvalue weighted by atomic mass is 10.2. The number of hydrogen-bond acceptors (Lipinski definition) is 4. The van der Waals surface area contributed by atoms with Crippen LogP contribution < -0.4 is 10.1 Å². The van der Waals surface area contributed by atoms with Gasteiger partial charge in [0.2, 0.25) is 5.91 Å². The van der Waals surface area contributed by atoms with E-state index in [0.29, 0.717) is 24.1 Å². The third-order valence-corrected chi connectivity index (χ3v) is 3.54. The third-order valence-electron chi connectivity index (χ3n) is 3.24. The van der Waals surface area contributed by atoms with Gasteiger partial charge in [0.15, 0.2) is 5.15 Å². The van der Waals surface area contributed by atoms with Crippen molar-refractivity contribution < 1.29 is 9.53 Å². The number of carbonyl (C=O) groups excluding carboxylic acids is 1. The lowest BCUT2D eigenvalue weighted by Gasteiger charge is -2.19. The smallest absolute Gasteiger partial charge is 0.221 e. The quantitative estimate of drug-likeness (QED) is 0.861. The molecule has 0 radical (unpaired) electrons. The maximum atomic E-state index is 11.0. The third kappa shape index (κ3) is 3.81. The van der Waals surface area contributed by atoms with E-state index in [1.165, 1.54) is 13.3 Å². The Kier molecular flexibility index (Phi) is 4.61. The molecule has 1 amide bonds. The van der Waals surface area contributed by atoms with E-state index >= 15 is 0 Å². The van der Waals surface area contributed by atoms with Gasteiger partial charge >= 0.3 is 0 Å². The van der Waals surface area contributed by atoms with Crippen LogP contribution in [0.25, 0.3) is 0 Å². The molecular formula is C13H18ClN3O2. The van der Waals surface area contributed by atoms with Crippen LogP contribution in [0.2, 0.25) is 5.15 Å². The van der Waals surface area contributed by atoms with Gasteiger partial charge in [0.05, 0.1) is 11.9 Å². The number of carbonyl (C=O) groups is 1. The molecule has 104 valence electrons. The fourth-order valence-corrected chi connectivity index (χ4v) is 2.32. The van der Waals surface area contributed by atoms with Gasteiger partial charge in [-0.05, 0) is 26.4 Å². The molecule has 2 rings (SSSR count). The molecule has 0 unspecified atom stereocenters. The highest BCUT2D eigenvalue weighted by atomic mass is 35.5. The lowest BCUT2D eigenvalue weighted by Crippen LogP contribution is -2.30. The zero-order valence-corrected chi connectivity index (χ0v) is 11.9. The number of rotatable bonds is 4. The molecule has 1 fully saturated rings. The minimum Gasteiger partial charge on any atom is -0.490 e. The van der Waals surface area contributed by atoms with E-state index in [-0.39, 0.29) is 11.1 Å². The van der Waals surface area contributed by atoms with Crippen LogP contribution >= 0.6 is 11.6 Å². The maximum absolute atomic E-state index is 11.0. The van der Waals surface area contributed by atoms with Crippen molar-refractivity contribution in [1.29, 1.82) is 0 Å². The number of nitrogens with zero attached hydrogens (tertiary/aromatic N) is 2. The molecule has 19 heavy (non-hydrogen) atoms. The number of ether oxygens (including phenoxy) is 1. The van der Waals surface area contributed by atoms with Gasteiger partial charge < -0.3 is 15.0 Å². The molecule has 1 saturated heterocycles. The van der Waals surface area contributed by atoms with Crippen molar-refractivity contribution in [1.82, 2.24) is 9.88 Å². The molecular weight excluding hydrogens is 266 g/mol. The summed E-state index contributed by atoms with van der Waals surface area (Å²) in [4.78, 5) is 17.3. The number of likely N-dealkylation sites (N-methyl/N-ethyl adjacent to an activating group) is 1. The first-order valence-corrected chi connectivity index (χ1v) is 6.70.